The van der Waals surface area contributed by atoms with Gasteiger partial charge in [-0.05, 0) is 35.0 Å². The topological polar surface area (TPSA) is 79.1 Å². The number of esters is 1. The maximum atomic E-state index is 12.0. The third-order valence-corrected chi connectivity index (χ3v) is 4.29. The van der Waals surface area contributed by atoms with Crippen molar-refractivity contribution in [2.24, 2.45) is 0 Å². The molecule has 0 radical (unpaired) electrons. The molecule has 0 saturated carbocycles. The predicted octanol–water partition coefficient (Wildman–Crippen LogP) is 2.90. The Hall–Kier alpha value is -2.87. The number of para-hydroxylation sites is 2. The first-order valence-corrected chi connectivity index (χ1v) is 9.09. The maximum Gasteiger partial charge on any atom is 0.316 e. The van der Waals surface area contributed by atoms with Gasteiger partial charge in [0.25, 0.3) is 0 Å². The minimum Gasteiger partial charge on any atom is -0.492 e. The molecule has 3 rings (SSSR count). The van der Waals surface area contributed by atoms with Crippen molar-refractivity contribution in [1.29, 1.82) is 0 Å². The first kappa shape index (κ1) is 17.9. The van der Waals surface area contributed by atoms with E-state index >= 15 is 0 Å². The first-order chi connectivity index (χ1) is 12.8. The molecule has 0 saturated heterocycles. The van der Waals surface area contributed by atoms with E-state index in [1.807, 2.05) is 61.5 Å². The van der Waals surface area contributed by atoms with Gasteiger partial charge in [-0.3, -0.25) is 4.79 Å². The van der Waals surface area contributed by atoms with Gasteiger partial charge in [-0.15, -0.1) is 5.10 Å². The van der Waals surface area contributed by atoms with Crippen molar-refractivity contribution in [3.8, 4) is 11.4 Å². The number of benzene rings is 2. The SMILES string of the molecule is CCOc1ccccc1-n1nnnc1SCC(=O)OCc1ccccc1. The van der Waals surface area contributed by atoms with Gasteiger partial charge in [-0.1, -0.05) is 54.2 Å². The van der Waals surface area contributed by atoms with Gasteiger partial charge in [0.05, 0.1) is 12.4 Å². The van der Waals surface area contributed by atoms with Crippen LogP contribution in [0.25, 0.3) is 5.69 Å². The van der Waals surface area contributed by atoms with E-state index in [1.54, 1.807) is 4.68 Å². The Labute approximate surface area is 155 Å². The van der Waals surface area contributed by atoms with Gasteiger partial charge < -0.3 is 9.47 Å². The molecule has 1 aromatic heterocycles. The molecule has 26 heavy (non-hydrogen) atoms. The number of hydrogen-bond acceptors (Lipinski definition) is 7. The van der Waals surface area contributed by atoms with E-state index in [4.69, 9.17) is 9.47 Å². The third-order valence-electron chi connectivity index (χ3n) is 3.40. The molecule has 7 nitrogen and oxygen atoms in total. The number of nitrogens with zero attached hydrogens (tertiary/aromatic N) is 4. The maximum absolute atomic E-state index is 12.0. The zero-order chi connectivity index (χ0) is 18.2. The second-order valence-corrected chi connectivity index (χ2v) is 6.15. The number of carbonyl (C=O) groups is 1. The molecular formula is C18H18N4O3S. The largest absolute Gasteiger partial charge is 0.492 e. The van der Waals surface area contributed by atoms with E-state index in [0.29, 0.717) is 17.5 Å². The lowest BCUT2D eigenvalue weighted by atomic mass is 10.2. The molecule has 0 unspecified atom stereocenters. The fourth-order valence-electron chi connectivity index (χ4n) is 2.23. The summed E-state index contributed by atoms with van der Waals surface area (Å²) in [4.78, 5) is 12.0. The van der Waals surface area contributed by atoms with E-state index in [0.717, 1.165) is 11.3 Å². The van der Waals surface area contributed by atoms with E-state index in [9.17, 15) is 4.79 Å². The van der Waals surface area contributed by atoms with Gasteiger partial charge in [0.2, 0.25) is 5.16 Å². The van der Waals surface area contributed by atoms with Crippen molar-refractivity contribution >= 4 is 17.7 Å². The highest BCUT2D eigenvalue weighted by Crippen LogP contribution is 2.25. The number of carbonyl (C=O) groups excluding carboxylic acids is 1. The van der Waals surface area contributed by atoms with Crippen LogP contribution in [0.15, 0.2) is 59.8 Å². The van der Waals surface area contributed by atoms with Crippen LogP contribution >= 0.6 is 11.8 Å². The van der Waals surface area contributed by atoms with Crippen molar-refractivity contribution in [3.05, 3.63) is 60.2 Å². The summed E-state index contributed by atoms with van der Waals surface area (Å²) in [6.07, 6.45) is 0. The second kappa shape index (κ2) is 9.00. The van der Waals surface area contributed by atoms with Crippen LogP contribution in [0.3, 0.4) is 0 Å². The zero-order valence-corrected chi connectivity index (χ0v) is 15.1. The van der Waals surface area contributed by atoms with E-state index in [2.05, 4.69) is 15.5 Å². The van der Waals surface area contributed by atoms with Crippen LogP contribution in [-0.4, -0.2) is 38.5 Å². The lowest BCUT2D eigenvalue weighted by molar-refractivity contribution is -0.141. The number of ether oxygens (including phenoxy) is 2. The van der Waals surface area contributed by atoms with Gasteiger partial charge in [-0.2, -0.15) is 4.68 Å². The lowest BCUT2D eigenvalue weighted by Gasteiger charge is -2.10. The van der Waals surface area contributed by atoms with E-state index in [1.165, 1.54) is 11.8 Å². The molecule has 0 amide bonds. The predicted molar refractivity (Wildman–Crippen MR) is 97.3 cm³/mol. The quantitative estimate of drug-likeness (QED) is 0.445. The van der Waals surface area contributed by atoms with Crippen LogP contribution in [0.1, 0.15) is 12.5 Å². The van der Waals surface area contributed by atoms with Crippen LogP contribution in [-0.2, 0) is 16.1 Å². The van der Waals surface area contributed by atoms with Crippen LogP contribution in [0.5, 0.6) is 5.75 Å². The van der Waals surface area contributed by atoms with E-state index < -0.39 is 0 Å². The summed E-state index contributed by atoms with van der Waals surface area (Å²) in [5, 5.41) is 12.2. The fraction of sp³-hybridized carbons (Fsp3) is 0.222. The molecule has 0 aliphatic heterocycles. The molecule has 0 aliphatic carbocycles. The Morgan fingerprint density at radius 2 is 1.88 bits per heavy atom. The van der Waals surface area contributed by atoms with Gasteiger partial charge >= 0.3 is 5.97 Å². The average molecular weight is 370 g/mol. The molecule has 0 spiro atoms. The van der Waals surface area contributed by atoms with Crippen molar-refractivity contribution < 1.29 is 14.3 Å². The molecule has 0 bridgehead atoms. The Kier molecular flexibility index (Phi) is 6.21. The summed E-state index contributed by atoms with van der Waals surface area (Å²) >= 11 is 1.22. The van der Waals surface area contributed by atoms with E-state index in [-0.39, 0.29) is 18.3 Å². The number of aromatic nitrogens is 4. The fourth-order valence-corrected chi connectivity index (χ4v) is 2.91. The molecular weight excluding hydrogens is 352 g/mol. The molecule has 3 aromatic rings. The monoisotopic (exact) mass is 370 g/mol. The average Bonchev–Trinajstić information content (AvgIpc) is 3.15. The molecule has 0 N–H and O–H groups in total. The first-order valence-electron chi connectivity index (χ1n) is 8.11. The smallest absolute Gasteiger partial charge is 0.316 e. The Morgan fingerprint density at radius 1 is 1.12 bits per heavy atom. The normalized spacial score (nSPS) is 10.5. The molecule has 1 heterocycles. The molecule has 8 heteroatoms. The lowest BCUT2D eigenvalue weighted by Crippen LogP contribution is -2.09. The van der Waals surface area contributed by atoms with Crippen LogP contribution in [0.2, 0.25) is 0 Å². The summed E-state index contributed by atoms with van der Waals surface area (Å²) in [6.45, 7) is 2.69. The summed E-state index contributed by atoms with van der Waals surface area (Å²) in [5.74, 6) is 0.464. The molecule has 0 aliphatic rings. The molecule has 0 atom stereocenters. The minimum absolute atomic E-state index is 0.115. The Bertz CT molecular complexity index is 854. The highest BCUT2D eigenvalue weighted by atomic mass is 32.2. The second-order valence-electron chi connectivity index (χ2n) is 5.21. The van der Waals surface area contributed by atoms with Crippen LogP contribution in [0.4, 0.5) is 0 Å². The standard InChI is InChI=1S/C18H18N4O3S/c1-2-24-16-11-7-6-10-15(16)22-18(19-20-21-22)26-13-17(23)25-12-14-8-4-3-5-9-14/h3-11H,2,12-13H2,1H3. The number of tetrazole rings is 1. The number of thioether (sulfide) groups is 1. The number of rotatable bonds is 8. The van der Waals surface area contributed by atoms with Crippen LogP contribution < -0.4 is 4.74 Å². The summed E-state index contributed by atoms with van der Waals surface area (Å²) in [6, 6.07) is 17.0. The van der Waals surface area contributed by atoms with Gasteiger partial charge in [0.1, 0.15) is 18.0 Å². The van der Waals surface area contributed by atoms with Crippen molar-refractivity contribution in [3.63, 3.8) is 0 Å². The van der Waals surface area contributed by atoms with Crippen LogP contribution in [0, 0.1) is 0 Å². The van der Waals surface area contributed by atoms with Crippen molar-refractivity contribution in [2.75, 3.05) is 12.4 Å². The van der Waals surface area contributed by atoms with Crippen molar-refractivity contribution in [1.82, 2.24) is 20.2 Å². The third kappa shape index (κ3) is 4.60. The zero-order valence-electron chi connectivity index (χ0n) is 14.2. The van der Waals surface area contributed by atoms with Gasteiger partial charge in [-0.25, -0.2) is 0 Å². The highest BCUT2D eigenvalue weighted by Gasteiger charge is 2.15. The highest BCUT2D eigenvalue weighted by molar-refractivity contribution is 7.99. The Balaban J connectivity index is 1.62. The van der Waals surface area contributed by atoms with Gasteiger partial charge in [0.15, 0.2) is 0 Å². The van der Waals surface area contributed by atoms with Gasteiger partial charge in [0, 0.05) is 0 Å². The number of hydrogen-bond donors (Lipinski definition) is 0. The van der Waals surface area contributed by atoms with Crippen molar-refractivity contribution in [2.45, 2.75) is 18.7 Å². The summed E-state index contributed by atoms with van der Waals surface area (Å²) in [7, 11) is 0. The summed E-state index contributed by atoms with van der Waals surface area (Å²) < 4.78 is 12.4. The molecule has 0 fully saturated rings. The summed E-state index contributed by atoms with van der Waals surface area (Å²) in [5.41, 5.74) is 1.67. The minimum atomic E-state index is -0.327. The Morgan fingerprint density at radius 3 is 2.69 bits per heavy atom. The molecule has 134 valence electrons. The molecule has 2 aromatic carbocycles.